The first kappa shape index (κ1) is 8.53. The molecule has 64 valence electrons. The van der Waals surface area contributed by atoms with Crippen molar-refractivity contribution >= 4 is 5.91 Å². The van der Waals surface area contributed by atoms with Crippen LogP contribution < -0.4 is 11.3 Å². The molecule has 0 saturated heterocycles. The van der Waals surface area contributed by atoms with Gasteiger partial charge >= 0.3 is 0 Å². The second-order valence-electron chi connectivity index (χ2n) is 3.74. The van der Waals surface area contributed by atoms with Gasteiger partial charge in [-0.05, 0) is 24.7 Å². The van der Waals surface area contributed by atoms with E-state index in [4.69, 9.17) is 5.84 Å². The lowest BCUT2D eigenvalue weighted by molar-refractivity contribution is -0.122. The maximum Gasteiger partial charge on any atom is 0.237 e. The Morgan fingerprint density at radius 3 is 2.82 bits per heavy atom. The summed E-state index contributed by atoms with van der Waals surface area (Å²) in [4.78, 5) is 10.9. The lowest BCUT2D eigenvalue weighted by Crippen LogP contribution is -2.31. The van der Waals surface area contributed by atoms with Gasteiger partial charge in [0.05, 0.1) is 0 Å². The zero-order valence-corrected chi connectivity index (χ0v) is 7.13. The Morgan fingerprint density at radius 1 is 1.73 bits per heavy atom. The molecule has 0 aromatic rings. The number of hydrazine groups is 1. The highest BCUT2D eigenvalue weighted by molar-refractivity contribution is 5.80. The number of carbonyl (C=O) groups excluding carboxylic acids is 1. The van der Waals surface area contributed by atoms with Gasteiger partial charge in [0.25, 0.3) is 0 Å². The molecule has 0 radical (unpaired) electrons. The highest BCUT2D eigenvalue weighted by atomic mass is 16.2. The highest BCUT2D eigenvalue weighted by Gasteiger charge is 2.42. The maximum absolute atomic E-state index is 10.9. The first-order chi connectivity index (χ1) is 5.15. The zero-order valence-electron chi connectivity index (χ0n) is 7.13. The number of amides is 1. The Morgan fingerprint density at radius 2 is 2.36 bits per heavy atom. The summed E-state index contributed by atoms with van der Waals surface area (Å²) in [7, 11) is 0. The van der Waals surface area contributed by atoms with Crippen molar-refractivity contribution in [2.24, 2.45) is 23.6 Å². The largest absolute Gasteiger partial charge is 0.294 e. The van der Waals surface area contributed by atoms with Crippen LogP contribution in [0, 0.1) is 17.8 Å². The van der Waals surface area contributed by atoms with Crippen LogP contribution >= 0.6 is 0 Å². The summed E-state index contributed by atoms with van der Waals surface area (Å²) < 4.78 is 0. The van der Waals surface area contributed by atoms with Gasteiger partial charge in [0.1, 0.15) is 0 Å². The van der Waals surface area contributed by atoms with Crippen LogP contribution in [-0.4, -0.2) is 5.91 Å². The van der Waals surface area contributed by atoms with Crippen molar-refractivity contribution in [3.63, 3.8) is 0 Å². The molecule has 2 atom stereocenters. The molecule has 1 amide bonds. The molecular weight excluding hydrogens is 140 g/mol. The smallest absolute Gasteiger partial charge is 0.237 e. The molecule has 11 heavy (non-hydrogen) atoms. The number of rotatable bonds is 3. The van der Waals surface area contributed by atoms with Gasteiger partial charge in [0.2, 0.25) is 5.91 Å². The normalized spacial score (nSPS) is 28.7. The van der Waals surface area contributed by atoms with E-state index in [2.05, 4.69) is 19.3 Å². The van der Waals surface area contributed by atoms with Crippen LogP contribution in [0.2, 0.25) is 0 Å². The Bertz CT molecular complexity index is 156. The second-order valence-corrected chi connectivity index (χ2v) is 3.74. The lowest BCUT2D eigenvalue weighted by Gasteiger charge is -2.01. The van der Waals surface area contributed by atoms with E-state index in [-0.39, 0.29) is 11.8 Å². The van der Waals surface area contributed by atoms with Crippen molar-refractivity contribution in [2.75, 3.05) is 0 Å². The summed E-state index contributed by atoms with van der Waals surface area (Å²) >= 11 is 0. The van der Waals surface area contributed by atoms with Gasteiger partial charge < -0.3 is 0 Å². The highest BCUT2D eigenvalue weighted by Crippen LogP contribution is 2.42. The zero-order chi connectivity index (χ0) is 8.43. The molecule has 0 heterocycles. The Labute approximate surface area is 67.3 Å². The van der Waals surface area contributed by atoms with Crippen molar-refractivity contribution in [3.8, 4) is 0 Å². The third kappa shape index (κ3) is 2.19. The van der Waals surface area contributed by atoms with Crippen LogP contribution in [0.4, 0.5) is 0 Å². The summed E-state index contributed by atoms with van der Waals surface area (Å²) in [6.45, 7) is 4.35. The predicted molar refractivity (Wildman–Crippen MR) is 43.4 cm³/mol. The molecule has 0 aromatic carbocycles. The molecule has 0 aromatic heterocycles. The monoisotopic (exact) mass is 156 g/mol. The number of nitrogens with two attached hydrogens (primary N) is 1. The standard InChI is InChI=1S/C8H16N2O/c1-5(2)3-6-4-7(6)8(11)10-9/h5-7H,3-4,9H2,1-2H3,(H,10,11). The number of carbonyl (C=O) groups is 1. The van der Waals surface area contributed by atoms with E-state index in [1.807, 2.05) is 0 Å². The third-order valence-electron chi connectivity index (χ3n) is 2.18. The van der Waals surface area contributed by atoms with Crippen molar-refractivity contribution in [1.29, 1.82) is 0 Å². The molecule has 1 fully saturated rings. The van der Waals surface area contributed by atoms with Gasteiger partial charge in [-0.15, -0.1) is 0 Å². The van der Waals surface area contributed by atoms with Crippen LogP contribution in [0.5, 0.6) is 0 Å². The first-order valence-corrected chi connectivity index (χ1v) is 4.15. The van der Waals surface area contributed by atoms with Gasteiger partial charge in [-0.25, -0.2) is 5.84 Å². The molecule has 2 unspecified atom stereocenters. The van der Waals surface area contributed by atoms with E-state index in [1.165, 1.54) is 0 Å². The fourth-order valence-corrected chi connectivity index (χ4v) is 1.54. The van der Waals surface area contributed by atoms with Gasteiger partial charge in [-0.1, -0.05) is 13.8 Å². The molecule has 3 nitrogen and oxygen atoms in total. The molecule has 0 aliphatic heterocycles. The molecular formula is C8H16N2O. The van der Waals surface area contributed by atoms with E-state index in [1.54, 1.807) is 0 Å². The van der Waals surface area contributed by atoms with Crippen molar-refractivity contribution in [1.82, 2.24) is 5.43 Å². The van der Waals surface area contributed by atoms with Crippen LogP contribution in [-0.2, 0) is 4.79 Å². The molecule has 0 bridgehead atoms. The van der Waals surface area contributed by atoms with E-state index in [0.29, 0.717) is 11.8 Å². The van der Waals surface area contributed by atoms with E-state index < -0.39 is 0 Å². The lowest BCUT2D eigenvalue weighted by atomic mass is 10.1. The van der Waals surface area contributed by atoms with Gasteiger partial charge in [0.15, 0.2) is 0 Å². The van der Waals surface area contributed by atoms with Crippen LogP contribution in [0.3, 0.4) is 0 Å². The van der Waals surface area contributed by atoms with Crippen LogP contribution in [0.25, 0.3) is 0 Å². The summed E-state index contributed by atoms with van der Waals surface area (Å²) in [5, 5.41) is 0. The summed E-state index contributed by atoms with van der Waals surface area (Å²) in [6.07, 6.45) is 2.18. The number of hydrogen-bond acceptors (Lipinski definition) is 2. The van der Waals surface area contributed by atoms with E-state index in [9.17, 15) is 4.79 Å². The topological polar surface area (TPSA) is 55.1 Å². The molecule has 3 N–H and O–H groups in total. The SMILES string of the molecule is CC(C)CC1CC1C(=O)NN. The fourth-order valence-electron chi connectivity index (χ4n) is 1.54. The molecule has 0 spiro atoms. The van der Waals surface area contributed by atoms with E-state index in [0.717, 1.165) is 12.8 Å². The Hall–Kier alpha value is -0.570. The molecule has 1 aliphatic rings. The molecule has 1 aliphatic carbocycles. The molecule has 1 rings (SSSR count). The minimum absolute atomic E-state index is 0.00986. The minimum Gasteiger partial charge on any atom is -0.294 e. The van der Waals surface area contributed by atoms with Gasteiger partial charge in [-0.2, -0.15) is 0 Å². The first-order valence-electron chi connectivity index (χ1n) is 4.15. The van der Waals surface area contributed by atoms with Gasteiger partial charge in [0, 0.05) is 5.92 Å². The van der Waals surface area contributed by atoms with E-state index >= 15 is 0 Å². The molecule has 3 heteroatoms. The Kier molecular flexibility index (Phi) is 2.49. The average Bonchev–Trinajstić information content (AvgIpc) is 2.65. The summed E-state index contributed by atoms with van der Waals surface area (Å²) in [5.74, 6) is 6.51. The van der Waals surface area contributed by atoms with Crippen molar-refractivity contribution in [3.05, 3.63) is 0 Å². The van der Waals surface area contributed by atoms with Crippen LogP contribution in [0.15, 0.2) is 0 Å². The maximum atomic E-state index is 10.9. The number of nitrogens with one attached hydrogen (secondary N) is 1. The third-order valence-corrected chi connectivity index (χ3v) is 2.18. The van der Waals surface area contributed by atoms with Crippen LogP contribution in [0.1, 0.15) is 26.7 Å². The fraction of sp³-hybridized carbons (Fsp3) is 0.875. The Balaban J connectivity index is 2.21. The number of hydrogen-bond donors (Lipinski definition) is 2. The second kappa shape index (κ2) is 3.22. The quantitative estimate of drug-likeness (QED) is 0.358. The van der Waals surface area contributed by atoms with Gasteiger partial charge in [-0.3, -0.25) is 10.2 Å². The summed E-state index contributed by atoms with van der Waals surface area (Å²) in [6, 6.07) is 0. The molecule has 1 saturated carbocycles. The average molecular weight is 156 g/mol. The van der Waals surface area contributed by atoms with Crippen molar-refractivity contribution < 1.29 is 4.79 Å². The summed E-state index contributed by atoms with van der Waals surface area (Å²) in [5.41, 5.74) is 2.19. The predicted octanol–water partition coefficient (Wildman–Crippen LogP) is 0.659. The van der Waals surface area contributed by atoms with Crippen molar-refractivity contribution in [2.45, 2.75) is 26.7 Å². The minimum atomic E-state index is 0.00986.